The zero-order chi connectivity index (χ0) is 19.7. The third-order valence-electron chi connectivity index (χ3n) is 5.31. The van der Waals surface area contributed by atoms with E-state index in [4.69, 9.17) is 0 Å². The van der Waals surface area contributed by atoms with E-state index in [-0.39, 0.29) is 18.5 Å². The first kappa shape index (κ1) is 18.2. The van der Waals surface area contributed by atoms with E-state index < -0.39 is 11.1 Å². The Hall–Kier alpha value is -3.22. The molecule has 0 radical (unpaired) electrons. The molecule has 1 aromatic carbocycles. The van der Waals surface area contributed by atoms with Gasteiger partial charge in [-0.1, -0.05) is 24.3 Å². The van der Waals surface area contributed by atoms with Crippen LogP contribution >= 0.6 is 0 Å². The fourth-order valence-electron chi connectivity index (χ4n) is 3.98. The average Bonchev–Trinajstić information content (AvgIpc) is 2.72. The van der Waals surface area contributed by atoms with E-state index in [0.717, 1.165) is 24.8 Å². The molecule has 1 amide bonds. The Morgan fingerprint density at radius 3 is 2.75 bits per heavy atom. The lowest BCUT2D eigenvalue weighted by molar-refractivity contribution is -0.122. The molecule has 28 heavy (non-hydrogen) atoms. The SMILES string of the molecule is CCn1c(=O)c(=O)n(CC(=O)NC2CCCc3ccccc32)c2cccnc21. The van der Waals surface area contributed by atoms with Crippen molar-refractivity contribution < 1.29 is 4.79 Å². The number of hydrogen-bond acceptors (Lipinski definition) is 4. The number of pyridine rings is 1. The van der Waals surface area contributed by atoms with E-state index in [1.165, 1.54) is 14.7 Å². The summed E-state index contributed by atoms with van der Waals surface area (Å²) in [6.45, 7) is 1.92. The van der Waals surface area contributed by atoms with Gasteiger partial charge in [0, 0.05) is 12.7 Å². The Bertz CT molecular complexity index is 1160. The molecular formula is C21H22N4O3. The van der Waals surface area contributed by atoms with Crippen LogP contribution in [0.25, 0.3) is 11.2 Å². The number of benzene rings is 1. The topological polar surface area (TPSA) is 86.0 Å². The first-order valence-electron chi connectivity index (χ1n) is 9.55. The van der Waals surface area contributed by atoms with Crippen LogP contribution in [0.5, 0.6) is 0 Å². The Labute approximate surface area is 161 Å². The molecule has 3 aromatic rings. The summed E-state index contributed by atoms with van der Waals surface area (Å²) in [5.41, 5.74) is 1.89. The number of carbonyl (C=O) groups excluding carboxylic acids is 1. The highest BCUT2D eigenvalue weighted by Gasteiger charge is 2.22. The van der Waals surface area contributed by atoms with Crippen molar-refractivity contribution in [3.8, 4) is 0 Å². The van der Waals surface area contributed by atoms with Crippen LogP contribution in [0.3, 0.4) is 0 Å². The number of aromatic nitrogens is 3. The average molecular weight is 378 g/mol. The van der Waals surface area contributed by atoms with Crippen molar-refractivity contribution in [3.05, 3.63) is 74.4 Å². The summed E-state index contributed by atoms with van der Waals surface area (Å²) in [6.07, 6.45) is 4.44. The van der Waals surface area contributed by atoms with Crippen LogP contribution in [-0.2, 0) is 24.3 Å². The van der Waals surface area contributed by atoms with Crippen LogP contribution in [0, 0.1) is 0 Å². The lowest BCUT2D eigenvalue weighted by atomic mass is 9.88. The highest BCUT2D eigenvalue weighted by molar-refractivity contribution is 5.79. The summed E-state index contributed by atoms with van der Waals surface area (Å²) in [5, 5.41) is 3.04. The molecule has 1 N–H and O–H groups in total. The second-order valence-corrected chi connectivity index (χ2v) is 7.00. The van der Waals surface area contributed by atoms with Gasteiger partial charge in [-0.05, 0) is 49.4 Å². The fraction of sp³-hybridized carbons (Fsp3) is 0.333. The maximum absolute atomic E-state index is 12.8. The van der Waals surface area contributed by atoms with Crippen LogP contribution in [0.2, 0.25) is 0 Å². The zero-order valence-electron chi connectivity index (χ0n) is 15.7. The van der Waals surface area contributed by atoms with Crippen molar-refractivity contribution in [1.82, 2.24) is 19.4 Å². The third kappa shape index (κ3) is 3.13. The smallest absolute Gasteiger partial charge is 0.318 e. The van der Waals surface area contributed by atoms with Crippen LogP contribution in [0.1, 0.15) is 36.9 Å². The summed E-state index contributed by atoms with van der Waals surface area (Å²) in [4.78, 5) is 42.0. The van der Waals surface area contributed by atoms with Crippen molar-refractivity contribution in [2.24, 2.45) is 0 Å². The van der Waals surface area contributed by atoms with Gasteiger partial charge < -0.3 is 5.32 Å². The van der Waals surface area contributed by atoms with Crippen molar-refractivity contribution in [3.63, 3.8) is 0 Å². The van der Waals surface area contributed by atoms with Gasteiger partial charge >= 0.3 is 11.1 Å². The predicted molar refractivity (Wildman–Crippen MR) is 106 cm³/mol. The summed E-state index contributed by atoms with van der Waals surface area (Å²) in [7, 11) is 0. The van der Waals surface area contributed by atoms with Gasteiger partial charge in [-0.2, -0.15) is 0 Å². The van der Waals surface area contributed by atoms with E-state index >= 15 is 0 Å². The van der Waals surface area contributed by atoms with E-state index in [1.807, 2.05) is 18.2 Å². The number of amides is 1. The van der Waals surface area contributed by atoms with Gasteiger partial charge in [0.15, 0.2) is 5.65 Å². The van der Waals surface area contributed by atoms with Crippen molar-refractivity contribution in [2.45, 2.75) is 45.3 Å². The Morgan fingerprint density at radius 2 is 1.93 bits per heavy atom. The van der Waals surface area contributed by atoms with Gasteiger partial charge in [-0.3, -0.25) is 23.5 Å². The first-order valence-corrected chi connectivity index (χ1v) is 9.55. The predicted octanol–water partition coefficient (Wildman–Crippen LogP) is 1.77. The van der Waals surface area contributed by atoms with Gasteiger partial charge in [0.05, 0.1) is 11.6 Å². The molecule has 0 saturated carbocycles. The number of hydrogen-bond donors (Lipinski definition) is 1. The molecule has 1 aliphatic rings. The van der Waals surface area contributed by atoms with Crippen LogP contribution in [0.15, 0.2) is 52.2 Å². The standard InChI is InChI=1S/C21H22N4O3/c1-2-24-19-17(11-6-12-22-19)25(21(28)20(24)27)13-18(26)23-16-10-5-8-14-7-3-4-9-15(14)16/h3-4,6-7,9,11-12,16H,2,5,8,10,13H2,1H3,(H,23,26). The van der Waals surface area contributed by atoms with Gasteiger partial charge in [-0.15, -0.1) is 0 Å². The normalized spacial score (nSPS) is 16.0. The molecule has 2 heterocycles. The monoisotopic (exact) mass is 378 g/mol. The molecule has 7 heteroatoms. The molecule has 0 aliphatic heterocycles. The lowest BCUT2D eigenvalue weighted by Gasteiger charge is -2.26. The second-order valence-electron chi connectivity index (χ2n) is 7.00. The number of nitrogens with zero attached hydrogens (tertiary/aromatic N) is 3. The van der Waals surface area contributed by atoms with Crippen LogP contribution < -0.4 is 16.4 Å². The molecule has 2 aromatic heterocycles. The number of rotatable bonds is 4. The molecule has 0 spiro atoms. The Kier molecular flexibility index (Phi) is 4.81. The second kappa shape index (κ2) is 7.42. The highest BCUT2D eigenvalue weighted by Crippen LogP contribution is 2.29. The molecule has 0 fully saturated rings. The number of fused-ring (bicyclic) bond motifs is 2. The molecular weight excluding hydrogens is 356 g/mol. The molecule has 7 nitrogen and oxygen atoms in total. The van der Waals surface area contributed by atoms with Crippen molar-refractivity contribution >= 4 is 17.1 Å². The Morgan fingerprint density at radius 1 is 1.14 bits per heavy atom. The van der Waals surface area contributed by atoms with Gasteiger partial charge in [0.25, 0.3) is 0 Å². The summed E-state index contributed by atoms with van der Waals surface area (Å²) in [5.74, 6) is -0.289. The quantitative estimate of drug-likeness (QED) is 0.701. The number of aryl methyl sites for hydroxylation is 2. The zero-order valence-corrected chi connectivity index (χ0v) is 15.7. The minimum Gasteiger partial charge on any atom is -0.348 e. The van der Waals surface area contributed by atoms with Crippen LogP contribution in [-0.4, -0.2) is 20.0 Å². The number of nitrogens with one attached hydrogen (secondary N) is 1. The molecule has 4 rings (SSSR count). The van der Waals surface area contributed by atoms with Crippen molar-refractivity contribution in [1.29, 1.82) is 0 Å². The summed E-state index contributed by atoms with van der Waals surface area (Å²) < 4.78 is 2.56. The van der Waals surface area contributed by atoms with Gasteiger partial charge in [0.2, 0.25) is 5.91 Å². The largest absolute Gasteiger partial charge is 0.348 e. The molecule has 1 aliphatic carbocycles. The fourth-order valence-corrected chi connectivity index (χ4v) is 3.98. The first-order chi connectivity index (χ1) is 13.6. The van der Waals surface area contributed by atoms with E-state index in [2.05, 4.69) is 16.4 Å². The summed E-state index contributed by atoms with van der Waals surface area (Å²) >= 11 is 0. The number of carbonyl (C=O) groups is 1. The van der Waals surface area contributed by atoms with E-state index in [9.17, 15) is 14.4 Å². The van der Waals surface area contributed by atoms with Crippen molar-refractivity contribution in [2.75, 3.05) is 0 Å². The van der Waals surface area contributed by atoms with E-state index in [0.29, 0.717) is 17.7 Å². The maximum atomic E-state index is 12.8. The maximum Gasteiger partial charge on any atom is 0.318 e. The summed E-state index contributed by atoms with van der Waals surface area (Å²) in [6, 6.07) is 11.4. The molecule has 0 saturated heterocycles. The third-order valence-corrected chi connectivity index (χ3v) is 5.31. The Balaban J connectivity index is 1.66. The lowest BCUT2D eigenvalue weighted by Crippen LogP contribution is -2.44. The van der Waals surface area contributed by atoms with Gasteiger partial charge in [-0.25, -0.2) is 4.98 Å². The minimum absolute atomic E-state index is 0.0754. The molecule has 144 valence electrons. The molecule has 1 atom stereocenters. The minimum atomic E-state index is -0.707. The van der Waals surface area contributed by atoms with E-state index in [1.54, 1.807) is 25.3 Å². The molecule has 0 bridgehead atoms. The highest BCUT2D eigenvalue weighted by atomic mass is 16.2. The van der Waals surface area contributed by atoms with Gasteiger partial charge in [0.1, 0.15) is 6.54 Å². The van der Waals surface area contributed by atoms with Crippen LogP contribution in [0.4, 0.5) is 0 Å². The molecule has 1 unspecified atom stereocenters.